The summed E-state index contributed by atoms with van der Waals surface area (Å²) in [6, 6.07) is 13.8. The lowest BCUT2D eigenvalue weighted by atomic mass is 9.95. The van der Waals surface area contributed by atoms with Crippen LogP contribution in [0.3, 0.4) is 0 Å². The second-order valence-electron chi connectivity index (χ2n) is 7.71. The number of benzene rings is 2. The van der Waals surface area contributed by atoms with Gasteiger partial charge in [-0.05, 0) is 61.7 Å². The molecule has 1 N–H and O–H groups in total. The third-order valence-electron chi connectivity index (χ3n) is 5.49. The lowest BCUT2D eigenvalue weighted by Gasteiger charge is -2.26. The number of pyridine rings is 1. The highest BCUT2D eigenvalue weighted by Gasteiger charge is 2.47. The lowest BCUT2D eigenvalue weighted by molar-refractivity contribution is -0.132. The minimum atomic E-state index is -0.779. The summed E-state index contributed by atoms with van der Waals surface area (Å²) in [5.41, 5.74) is 4.65. The third kappa shape index (κ3) is 3.68. The van der Waals surface area contributed by atoms with E-state index in [1.807, 2.05) is 45.0 Å². The smallest absolute Gasteiger partial charge is 0.300 e. The number of aliphatic hydroxyl groups excluding tert-OH is 1. The van der Waals surface area contributed by atoms with E-state index in [9.17, 15) is 14.7 Å². The van der Waals surface area contributed by atoms with Gasteiger partial charge in [-0.2, -0.15) is 0 Å². The zero-order chi connectivity index (χ0) is 22.3. The van der Waals surface area contributed by atoms with E-state index in [2.05, 4.69) is 20.9 Å². The molecule has 1 amide bonds. The van der Waals surface area contributed by atoms with Crippen molar-refractivity contribution in [2.75, 3.05) is 4.90 Å². The number of rotatable bonds is 3. The Labute approximate surface area is 189 Å². The van der Waals surface area contributed by atoms with Gasteiger partial charge in [-0.3, -0.25) is 19.5 Å². The number of carbonyl (C=O) groups excluding carboxylic acids is 2. The van der Waals surface area contributed by atoms with Crippen LogP contribution in [0, 0.1) is 20.8 Å². The van der Waals surface area contributed by atoms with E-state index >= 15 is 0 Å². The molecular formula is C25H21BrN2O3. The molecule has 1 aliphatic rings. The van der Waals surface area contributed by atoms with Crippen molar-refractivity contribution in [3.05, 3.63) is 98.8 Å². The first kappa shape index (κ1) is 21.0. The van der Waals surface area contributed by atoms with Crippen LogP contribution >= 0.6 is 15.9 Å². The van der Waals surface area contributed by atoms with E-state index in [0.29, 0.717) is 16.8 Å². The number of aryl methyl sites for hydroxylation is 3. The molecule has 3 aromatic rings. The van der Waals surface area contributed by atoms with Gasteiger partial charge in [0.1, 0.15) is 5.76 Å². The van der Waals surface area contributed by atoms with Gasteiger partial charge < -0.3 is 5.11 Å². The molecule has 1 aliphatic heterocycles. The van der Waals surface area contributed by atoms with Crippen molar-refractivity contribution >= 4 is 39.1 Å². The molecule has 1 aromatic heterocycles. The number of ketones is 1. The van der Waals surface area contributed by atoms with Crippen LogP contribution < -0.4 is 4.90 Å². The highest BCUT2D eigenvalue weighted by Crippen LogP contribution is 2.43. The highest BCUT2D eigenvalue weighted by atomic mass is 79.9. The van der Waals surface area contributed by atoms with Crippen molar-refractivity contribution < 1.29 is 14.7 Å². The molecule has 0 bridgehead atoms. The molecule has 31 heavy (non-hydrogen) atoms. The van der Waals surface area contributed by atoms with Crippen LogP contribution in [-0.4, -0.2) is 21.8 Å². The SMILES string of the molecule is Cc1ccc(N2C(=O)C(=O)/C(=C(/O)c3ccc(Br)c(C)c3)C2c2cccnc2)c(C)c1. The van der Waals surface area contributed by atoms with Gasteiger partial charge in [0.2, 0.25) is 0 Å². The van der Waals surface area contributed by atoms with Crippen LogP contribution in [0.25, 0.3) is 5.76 Å². The van der Waals surface area contributed by atoms with Crippen molar-refractivity contribution in [1.29, 1.82) is 0 Å². The summed E-state index contributed by atoms with van der Waals surface area (Å²) in [5.74, 6) is -1.59. The Bertz CT molecular complexity index is 1230. The molecule has 4 rings (SSSR count). The Kier molecular flexibility index (Phi) is 5.50. The molecule has 1 unspecified atom stereocenters. The van der Waals surface area contributed by atoms with E-state index < -0.39 is 17.7 Å². The maximum Gasteiger partial charge on any atom is 0.300 e. The van der Waals surface area contributed by atoms with E-state index in [-0.39, 0.29) is 11.3 Å². The summed E-state index contributed by atoms with van der Waals surface area (Å²) in [4.78, 5) is 32.0. The minimum Gasteiger partial charge on any atom is -0.507 e. The highest BCUT2D eigenvalue weighted by molar-refractivity contribution is 9.10. The number of amides is 1. The number of carbonyl (C=O) groups is 2. The molecule has 0 spiro atoms. The predicted octanol–water partition coefficient (Wildman–Crippen LogP) is 5.40. The van der Waals surface area contributed by atoms with Gasteiger partial charge in [0.15, 0.2) is 0 Å². The van der Waals surface area contributed by atoms with Crippen LogP contribution in [0.1, 0.15) is 33.9 Å². The molecule has 1 atom stereocenters. The van der Waals surface area contributed by atoms with Crippen LogP contribution in [0.2, 0.25) is 0 Å². The largest absolute Gasteiger partial charge is 0.507 e. The van der Waals surface area contributed by atoms with Gasteiger partial charge >= 0.3 is 0 Å². The summed E-state index contributed by atoms with van der Waals surface area (Å²) < 4.78 is 0.892. The van der Waals surface area contributed by atoms with Crippen LogP contribution in [0.4, 0.5) is 5.69 Å². The van der Waals surface area contributed by atoms with Crippen molar-refractivity contribution in [2.24, 2.45) is 0 Å². The first-order chi connectivity index (χ1) is 14.8. The van der Waals surface area contributed by atoms with Crippen molar-refractivity contribution in [1.82, 2.24) is 4.98 Å². The quantitative estimate of drug-likeness (QED) is 0.312. The van der Waals surface area contributed by atoms with E-state index in [1.165, 1.54) is 4.90 Å². The van der Waals surface area contributed by atoms with Crippen LogP contribution in [0.15, 0.2) is 71.0 Å². The fraction of sp³-hybridized carbons (Fsp3) is 0.160. The summed E-state index contributed by atoms with van der Waals surface area (Å²) in [5, 5.41) is 11.2. The molecule has 2 heterocycles. The van der Waals surface area contributed by atoms with Gasteiger partial charge in [0.05, 0.1) is 11.6 Å². The Morgan fingerprint density at radius 3 is 2.45 bits per heavy atom. The van der Waals surface area contributed by atoms with Gasteiger partial charge in [-0.15, -0.1) is 0 Å². The van der Waals surface area contributed by atoms with Crippen molar-refractivity contribution in [3.8, 4) is 0 Å². The van der Waals surface area contributed by atoms with Crippen LogP contribution in [-0.2, 0) is 9.59 Å². The molecule has 2 aromatic carbocycles. The standard InChI is InChI=1S/C25H21BrN2O3/c1-14-6-9-20(16(3)11-14)28-22(18-5-4-10-27-13-18)21(24(30)25(28)31)23(29)17-7-8-19(26)15(2)12-17/h4-13,22,29H,1-3H3/b23-21+. The summed E-state index contributed by atoms with van der Waals surface area (Å²) in [6.45, 7) is 5.77. The topological polar surface area (TPSA) is 70.5 Å². The molecule has 0 aliphatic carbocycles. The minimum absolute atomic E-state index is 0.0553. The Hall–Kier alpha value is -3.25. The first-order valence-electron chi connectivity index (χ1n) is 9.84. The second-order valence-corrected chi connectivity index (χ2v) is 8.56. The van der Waals surface area contributed by atoms with E-state index in [1.54, 1.807) is 36.7 Å². The van der Waals surface area contributed by atoms with Crippen molar-refractivity contribution in [2.45, 2.75) is 26.8 Å². The van der Waals surface area contributed by atoms with Gasteiger partial charge in [-0.1, -0.05) is 45.8 Å². The van der Waals surface area contributed by atoms with Gasteiger partial charge in [0.25, 0.3) is 11.7 Å². The number of aliphatic hydroxyl groups is 1. The van der Waals surface area contributed by atoms with Crippen LogP contribution in [0.5, 0.6) is 0 Å². The molecule has 1 fully saturated rings. The molecule has 5 nitrogen and oxygen atoms in total. The number of halogens is 1. The number of anilines is 1. The maximum absolute atomic E-state index is 13.2. The molecular weight excluding hydrogens is 456 g/mol. The average molecular weight is 477 g/mol. The van der Waals surface area contributed by atoms with Gasteiger partial charge in [-0.25, -0.2) is 0 Å². The van der Waals surface area contributed by atoms with E-state index in [0.717, 1.165) is 21.2 Å². The van der Waals surface area contributed by atoms with Crippen molar-refractivity contribution in [3.63, 3.8) is 0 Å². The predicted molar refractivity (Wildman–Crippen MR) is 124 cm³/mol. The maximum atomic E-state index is 13.2. The average Bonchev–Trinajstić information content (AvgIpc) is 3.01. The zero-order valence-electron chi connectivity index (χ0n) is 17.4. The molecule has 0 saturated carbocycles. The fourth-order valence-corrected chi connectivity index (χ4v) is 4.20. The summed E-state index contributed by atoms with van der Waals surface area (Å²) >= 11 is 3.45. The normalized spacial score (nSPS) is 17.9. The molecule has 0 radical (unpaired) electrons. The number of nitrogens with zero attached hydrogens (tertiary/aromatic N) is 2. The Morgan fingerprint density at radius 1 is 1.03 bits per heavy atom. The lowest BCUT2D eigenvalue weighted by Crippen LogP contribution is -2.30. The Balaban J connectivity index is 1.97. The number of aromatic nitrogens is 1. The second kappa shape index (κ2) is 8.12. The van der Waals surface area contributed by atoms with E-state index in [4.69, 9.17) is 0 Å². The number of Topliss-reactive ketones (excluding diaryl/α,β-unsaturated/α-hetero) is 1. The zero-order valence-corrected chi connectivity index (χ0v) is 19.0. The molecule has 1 saturated heterocycles. The first-order valence-corrected chi connectivity index (χ1v) is 10.6. The molecule has 156 valence electrons. The third-order valence-corrected chi connectivity index (χ3v) is 6.38. The number of hydrogen-bond acceptors (Lipinski definition) is 4. The van der Waals surface area contributed by atoms with Gasteiger partial charge in [0, 0.05) is 28.1 Å². The molecule has 6 heteroatoms. The fourth-order valence-electron chi connectivity index (χ4n) is 3.96. The summed E-state index contributed by atoms with van der Waals surface area (Å²) in [7, 11) is 0. The Morgan fingerprint density at radius 2 is 1.81 bits per heavy atom. The number of hydrogen-bond donors (Lipinski definition) is 1. The summed E-state index contributed by atoms with van der Waals surface area (Å²) in [6.07, 6.45) is 3.25. The monoisotopic (exact) mass is 476 g/mol.